The van der Waals surface area contributed by atoms with Gasteiger partial charge in [-0.3, -0.25) is 4.79 Å². The molecule has 6 heteroatoms. The number of methoxy groups -OCH3 is 1. The first-order chi connectivity index (χ1) is 7.15. The van der Waals surface area contributed by atoms with Crippen LogP contribution in [0.1, 0.15) is 10.5 Å². The molecule has 1 heterocycles. The number of halogens is 1. The smallest absolute Gasteiger partial charge is 0.267 e. The highest BCUT2D eigenvalue weighted by atomic mass is 79.9. The summed E-state index contributed by atoms with van der Waals surface area (Å²) in [7, 11) is 1.63. The van der Waals surface area contributed by atoms with E-state index in [9.17, 15) is 4.79 Å². The number of nitrogens with zero attached hydrogens (tertiary/aromatic N) is 1. The summed E-state index contributed by atoms with van der Waals surface area (Å²) >= 11 is 3.25. The number of carbonyl (C=O) groups is 1. The molecule has 0 fully saturated rings. The first-order valence-corrected chi connectivity index (χ1v) is 5.13. The highest BCUT2D eigenvalue weighted by Gasteiger charge is 2.06. The van der Waals surface area contributed by atoms with Crippen molar-refractivity contribution in [1.29, 1.82) is 0 Å². The third-order valence-corrected chi connectivity index (χ3v) is 2.33. The lowest BCUT2D eigenvalue weighted by atomic mass is 10.3. The largest absolute Gasteiger partial charge is 0.383 e. The molecule has 5 nitrogen and oxygen atoms in total. The van der Waals surface area contributed by atoms with Crippen molar-refractivity contribution in [3.05, 3.63) is 22.4 Å². The van der Waals surface area contributed by atoms with Crippen LogP contribution in [0.3, 0.4) is 0 Å². The Morgan fingerprint density at radius 2 is 2.40 bits per heavy atom. The number of nitrogens with two attached hydrogens (primary N) is 1. The normalized spacial score (nSPS) is 10.0. The Morgan fingerprint density at radius 1 is 1.67 bits per heavy atom. The van der Waals surface area contributed by atoms with E-state index >= 15 is 0 Å². The van der Waals surface area contributed by atoms with Gasteiger partial charge in [0, 0.05) is 13.7 Å². The van der Waals surface area contributed by atoms with Crippen molar-refractivity contribution in [2.24, 2.45) is 5.73 Å². The van der Waals surface area contributed by atoms with Gasteiger partial charge in [0.2, 0.25) is 0 Å². The molecule has 0 bridgehead atoms. The van der Waals surface area contributed by atoms with Crippen LogP contribution in [-0.2, 0) is 4.74 Å². The van der Waals surface area contributed by atoms with Crippen molar-refractivity contribution in [3.63, 3.8) is 0 Å². The minimum Gasteiger partial charge on any atom is -0.383 e. The summed E-state index contributed by atoms with van der Waals surface area (Å²) < 4.78 is 5.46. The molecule has 0 atom stereocenters. The predicted octanol–water partition coefficient (Wildman–Crippen LogP) is 1.00. The second-order valence-corrected chi connectivity index (χ2v) is 3.57. The van der Waals surface area contributed by atoms with Gasteiger partial charge in [0.1, 0.15) is 10.3 Å². The number of amides is 1. The second-order valence-electron chi connectivity index (χ2n) is 2.82. The van der Waals surface area contributed by atoms with E-state index < -0.39 is 5.91 Å². The Labute approximate surface area is 96.1 Å². The van der Waals surface area contributed by atoms with Crippen LogP contribution in [0, 0.1) is 0 Å². The highest BCUT2D eigenvalue weighted by molar-refractivity contribution is 9.10. The van der Waals surface area contributed by atoms with E-state index in [2.05, 4.69) is 26.2 Å². The molecule has 3 N–H and O–H groups in total. The number of primary amides is 1. The van der Waals surface area contributed by atoms with Gasteiger partial charge in [0.05, 0.1) is 12.3 Å². The maximum absolute atomic E-state index is 10.8. The molecule has 1 rings (SSSR count). The van der Waals surface area contributed by atoms with Crippen molar-refractivity contribution < 1.29 is 9.53 Å². The minimum atomic E-state index is -0.542. The Bertz CT molecular complexity index is 357. The lowest BCUT2D eigenvalue weighted by Crippen LogP contribution is -2.14. The average Bonchev–Trinajstić information content (AvgIpc) is 2.20. The summed E-state index contributed by atoms with van der Waals surface area (Å²) in [5.74, 6) is -0.542. The molecule has 0 radical (unpaired) electrons. The van der Waals surface area contributed by atoms with Crippen LogP contribution in [0.25, 0.3) is 0 Å². The fourth-order valence-electron chi connectivity index (χ4n) is 0.991. The summed E-state index contributed by atoms with van der Waals surface area (Å²) in [5.41, 5.74) is 6.13. The topological polar surface area (TPSA) is 77.2 Å². The number of pyridine rings is 1. The Balaban J connectivity index is 2.70. The lowest BCUT2D eigenvalue weighted by Gasteiger charge is -2.07. The van der Waals surface area contributed by atoms with Crippen molar-refractivity contribution >= 4 is 27.5 Å². The molecule has 1 aromatic heterocycles. The van der Waals surface area contributed by atoms with E-state index in [1.54, 1.807) is 19.2 Å². The van der Waals surface area contributed by atoms with Gasteiger partial charge in [0.25, 0.3) is 5.91 Å². The summed E-state index contributed by atoms with van der Waals surface area (Å²) in [6.07, 6.45) is 0. The molecule has 0 aliphatic rings. The molecular weight excluding hydrogens is 262 g/mol. The van der Waals surface area contributed by atoms with Gasteiger partial charge in [-0.2, -0.15) is 0 Å². The average molecular weight is 274 g/mol. The summed E-state index contributed by atoms with van der Waals surface area (Å²) in [6.45, 7) is 1.27. The van der Waals surface area contributed by atoms with Crippen LogP contribution < -0.4 is 11.1 Å². The van der Waals surface area contributed by atoms with E-state index in [1.165, 1.54) is 0 Å². The maximum atomic E-state index is 10.8. The summed E-state index contributed by atoms with van der Waals surface area (Å²) in [4.78, 5) is 14.8. The number of anilines is 1. The SMILES string of the molecule is COCCNc1ccc(C(N)=O)nc1Br. The van der Waals surface area contributed by atoms with Crippen LogP contribution in [0.5, 0.6) is 0 Å². The molecule has 0 saturated carbocycles. The number of rotatable bonds is 5. The third kappa shape index (κ3) is 3.49. The predicted molar refractivity (Wildman–Crippen MR) is 60.8 cm³/mol. The Kier molecular flexibility index (Phi) is 4.51. The zero-order valence-corrected chi connectivity index (χ0v) is 9.87. The van der Waals surface area contributed by atoms with Gasteiger partial charge in [-0.25, -0.2) is 4.98 Å². The number of hydrogen-bond donors (Lipinski definition) is 2. The fourth-order valence-corrected chi connectivity index (χ4v) is 1.45. The number of hydrogen-bond acceptors (Lipinski definition) is 4. The molecule has 1 amide bonds. The van der Waals surface area contributed by atoms with E-state index in [-0.39, 0.29) is 5.69 Å². The quantitative estimate of drug-likeness (QED) is 0.620. The Morgan fingerprint density at radius 3 is 2.93 bits per heavy atom. The molecule has 1 aromatic rings. The van der Waals surface area contributed by atoms with Crippen LogP contribution in [-0.4, -0.2) is 31.2 Å². The van der Waals surface area contributed by atoms with Crippen molar-refractivity contribution in [3.8, 4) is 0 Å². The summed E-state index contributed by atoms with van der Waals surface area (Å²) in [6, 6.07) is 3.31. The van der Waals surface area contributed by atoms with Gasteiger partial charge in [-0.05, 0) is 28.1 Å². The van der Waals surface area contributed by atoms with Gasteiger partial charge in [-0.15, -0.1) is 0 Å². The molecule has 0 aliphatic carbocycles. The number of aromatic nitrogens is 1. The Hall–Kier alpha value is -1.14. The molecule has 0 aliphatic heterocycles. The van der Waals surface area contributed by atoms with Crippen molar-refractivity contribution in [2.75, 3.05) is 25.6 Å². The monoisotopic (exact) mass is 273 g/mol. The van der Waals surface area contributed by atoms with Crippen molar-refractivity contribution in [2.45, 2.75) is 0 Å². The molecular formula is C9H12BrN3O2. The second kappa shape index (κ2) is 5.67. The number of carbonyl (C=O) groups excluding carboxylic acids is 1. The van der Waals surface area contributed by atoms with E-state index in [4.69, 9.17) is 10.5 Å². The first kappa shape index (κ1) is 11.9. The third-order valence-electron chi connectivity index (χ3n) is 1.72. The van der Waals surface area contributed by atoms with E-state index in [0.717, 1.165) is 5.69 Å². The number of nitrogens with one attached hydrogen (secondary N) is 1. The minimum absolute atomic E-state index is 0.235. The molecule has 0 spiro atoms. The molecule has 0 saturated heterocycles. The fraction of sp³-hybridized carbons (Fsp3) is 0.333. The first-order valence-electron chi connectivity index (χ1n) is 4.34. The summed E-state index contributed by atoms with van der Waals surface area (Å²) in [5, 5.41) is 3.09. The van der Waals surface area contributed by atoms with Crippen LogP contribution in [0.2, 0.25) is 0 Å². The highest BCUT2D eigenvalue weighted by Crippen LogP contribution is 2.19. The van der Waals surface area contributed by atoms with E-state index in [1.807, 2.05) is 0 Å². The van der Waals surface area contributed by atoms with Crippen LogP contribution >= 0.6 is 15.9 Å². The molecule has 0 aromatic carbocycles. The van der Waals surface area contributed by atoms with E-state index in [0.29, 0.717) is 17.8 Å². The van der Waals surface area contributed by atoms with Crippen LogP contribution in [0.4, 0.5) is 5.69 Å². The van der Waals surface area contributed by atoms with Crippen molar-refractivity contribution in [1.82, 2.24) is 4.98 Å². The standard InChI is InChI=1S/C9H12BrN3O2/c1-15-5-4-12-6-2-3-7(9(11)14)13-8(6)10/h2-3,12H,4-5H2,1H3,(H2,11,14). The maximum Gasteiger partial charge on any atom is 0.267 e. The molecule has 0 unspecified atom stereocenters. The van der Waals surface area contributed by atoms with Gasteiger partial charge in [-0.1, -0.05) is 0 Å². The molecule has 82 valence electrons. The van der Waals surface area contributed by atoms with Crippen LogP contribution in [0.15, 0.2) is 16.7 Å². The zero-order valence-electron chi connectivity index (χ0n) is 8.29. The van der Waals surface area contributed by atoms with Gasteiger partial charge in [0.15, 0.2) is 0 Å². The van der Waals surface area contributed by atoms with Gasteiger partial charge >= 0.3 is 0 Å². The zero-order chi connectivity index (χ0) is 11.3. The van der Waals surface area contributed by atoms with Gasteiger partial charge < -0.3 is 15.8 Å². The molecule has 15 heavy (non-hydrogen) atoms. The lowest BCUT2D eigenvalue weighted by molar-refractivity contribution is 0.0995. The number of ether oxygens (including phenoxy) is 1.